The van der Waals surface area contributed by atoms with Gasteiger partial charge in [-0.1, -0.05) is 12.1 Å². The maximum Gasteiger partial charge on any atom is 0.124 e. The van der Waals surface area contributed by atoms with Crippen molar-refractivity contribution in [2.24, 2.45) is 4.99 Å². The van der Waals surface area contributed by atoms with Crippen molar-refractivity contribution in [3.8, 4) is 5.75 Å². The summed E-state index contributed by atoms with van der Waals surface area (Å²) in [5, 5.41) is 0.777. The summed E-state index contributed by atoms with van der Waals surface area (Å²) < 4.78 is 24.2. The summed E-state index contributed by atoms with van der Waals surface area (Å²) in [6.45, 7) is 4.48. The number of fused-ring (bicyclic) bond motifs is 1. The van der Waals surface area contributed by atoms with Crippen LogP contribution >= 0.6 is 11.9 Å². The largest absolute Gasteiger partial charge is 0.497 e. The van der Waals surface area contributed by atoms with E-state index in [1.165, 1.54) is 5.69 Å². The first-order chi connectivity index (χ1) is 13.2. The number of methoxy groups -OCH3 is 1. The molecule has 2 aliphatic rings. The molecule has 1 unspecified atom stereocenters. The third kappa shape index (κ3) is 4.50. The number of piperazine rings is 1. The topological polar surface area (TPSA) is 65.4 Å². The Kier molecular flexibility index (Phi) is 6.84. The number of nitrogens with zero attached hydrogens (tertiary/aromatic N) is 3. The molecule has 0 spiro atoms. The molecular weight excluding hydrogens is 386 g/mol. The van der Waals surface area contributed by atoms with Gasteiger partial charge in [0.1, 0.15) is 21.6 Å². The molecule has 2 heterocycles. The van der Waals surface area contributed by atoms with Gasteiger partial charge in [-0.3, -0.25) is 9.56 Å². The summed E-state index contributed by atoms with van der Waals surface area (Å²) in [5.74, 6) is 0.878. The van der Waals surface area contributed by atoms with Gasteiger partial charge in [0.2, 0.25) is 0 Å². The third-order valence-corrected chi connectivity index (χ3v) is 6.09. The average molecular weight is 408 g/mol. The van der Waals surface area contributed by atoms with Crippen LogP contribution in [-0.4, -0.2) is 58.6 Å². The highest BCUT2D eigenvalue weighted by molar-refractivity contribution is 8.01. The predicted octanol–water partition coefficient (Wildman–Crippen LogP) is 2.80. The minimum atomic E-state index is -1.10. The minimum absolute atomic E-state index is 0.678. The summed E-state index contributed by atoms with van der Waals surface area (Å²) in [7, 11) is 0.577. The maximum absolute atomic E-state index is 12.5. The number of halogens is 1. The molecule has 0 aliphatic carbocycles. The summed E-state index contributed by atoms with van der Waals surface area (Å²) in [4.78, 5) is 10.1. The van der Waals surface area contributed by atoms with Crippen molar-refractivity contribution in [3.63, 3.8) is 0 Å². The van der Waals surface area contributed by atoms with Gasteiger partial charge in [-0.2, -0.15) is 0 Å². The van der Waals surface area contributed by atoms with Crippen LogP contribution in [0.2, 0.25) is 0 Å². The summed E-state index contributed by atoms with van der Waals surface area (Å²) >= 11 is 3.64. The molecule has 0 amide bonds. The lowest BCUT2D eigenvalue weighted by Gasteiger charge is -2.36. The van der Waals surface area contributed by atoms with Crippen LogP contribution in [0, 0.1) is 0 Å². The normalized spacial score (nSPS) is 19.0. The molecule has 1 saturated heterocycles. The van der Waals surface area contributed by atoms with Crippen molar-refractivity contribution in [3.05, 3.63) is 48.5 Å². The Bertz CT molecular complexity index is 821. The number of rotatable bonds is 4. The Morgan fingerprint density at radius 3 is 2.37 bits per heavy atom. The van der Waals surface area contributed by atoms with Crippen LogP contribution in [0.3, 0.4) is 0 Å². The Morgan fingerprint density at radius 2 is 1.74 bits per heavy atom. The Morgan fingerprint density at radius 1 is 1.07 bits per heavy atom. The molecule has 1 atom stereocenters. The van der Waals surface area contributed by atoms with Crippen LogP contribution in [0.25, 0.3) is 0 Å². The number of ether oxygens (including phenoxy) is 1. The van der Waals surface area contributed by atoms with E-state index in [0.29, 0.717) is 6.54 Å². The Hall–Kier alpha value is -1.93. The zero-order valence-electron chi connectivity index (χ0n) is 15.0. The molecule has 0 saturated carbocycles. The van der Waals surface area contributed by atoms with Crippen molar-refractivity contribution < 1.29 is 13.6 Å². The summed E-state index contributed by atoms with van der Waals surface area (Å²) in [6, 6.07) is 15.9. The van der Waals surface area contributed by atoms with E-state index in [1.807, 2.05) is 36.4 Å². The lowest BCUT2D eigenvalue weighted by Crippen LogP contribution is -2.48. The fraction of sp³-hybridized carbons (Fsp3) is 0.316. The molecule has 27 heavy (non-hydrogen) atoms. The lowest BCUT2D eigenvalue weighted by molar-refractivity contribution is 0.293. The van der Waals surface area contributed by atoms with Gasteiger partial charge in [-0.25, -0.2) is 9.20 Å². The van der Waals surface area contributed by atoms with Crippen molar-refractivity contribution in [1.82, 2.24) is 4.90 Å². The second-order valence-corrected chi connectivity index (χ2v) is 7.65. The standard InChI is InChI=1S/C19H21N3O2S.ClHO/c1-24-16-8-6-15(7-9-16)22-12-10-21(11-13-22)14-19-20-17-4-2-3-5-18(17)25(19)23;1-2/h2-9H,10-14H2,1H3;2H. The van der Waals surface area contributed by atoms with E-state index in [1.54, 1.807) is 7.11 Å². The average Bonchev–Trinajstić information content (AvgIpc) is 3.06. The molecular formula is C19H22ClN3O3S. The second-order valence-electron chi connectivity index (χ2n) is 6.20. The van der Waals surface area contributed by atoms with E-state index in [-0.39, 0.29) is 0 Å². The molecule has 1 fully saturated rings. The van der Waals surface area contributed by atoms with E-state index < -0.39 is 10.8 Å². The van der Waals surface area contributed by atoms with Crippen LogP contribution in [0.1, 0.15) is 0 Å². The summed E-state index contributed by atoms with van der Waals surface area (Å²) in [6.07, 6.45) is 0. The number of aliphatic imine (C=N–C) groups is 1. The molecule has 0 aromatic heterocycles. The highest BCUT2D eigenvalue weighted by Crippen LogP contribution is 2.30. The van der Waals surface area contributed by atoms with Crippen LogP contribution in [-0.2, 0) is 10.8 Å². The lowest BCUT2D eigenvalue weighted by atomic mass is 10.2. The Balaban J connectivity index is 0.00000102. The molecule has 2 aromatic carbocycles. The molecule has 0 bridgehead atoms. The second kappa shape index (κ2) is 9.32. The van der Waals surface area contributed by atoms with Crippen LogP contribution in [0.4, 0.5) is 11.4 Å². The van der Waals surface area contributed by atoms with Crippen LogP contribution in [0.5, 0.6) is 5.75 Å². The SMILES string of the molecule is COc1ccc(N2CCN(CC3=Nc4ccccc4S3=O)CC2)cc1.OCl. The van der Waals surface area contributed by atoms with Gasteiger partial charge < -0.3 is 9.64 Å². The zero-order chi connectivity index (χ0) is 19.2. The minimum Gasteiger partial charge on any atom is -0.497 e. The molecule has 4 rings (SSSR count). The highest BCUT2D eigenvalue weighted by atomic mass is 35.5. The van der Waals surface area contributed by atoms with Crippen molar-refractivity contribution in [2.45, 2.75) is 4.90 Å². The number of benzene rings is 2. The first-order valence-corrected chi connectivity index (χ1v) is 10.1. The Labute approximate surface area is 166 Å². The highest BCUT2D eigenvalue weighted by Gasteiger charge is 2.26. The van der Waals surface area contributed by atoms with Gasteiger partial charge >= 0.3 is 0 Å². The van der Waals surface area contributed by atoms with E-state index >= 15 is 0 Å². The first-order valence-electron chi connectivity index (χ1n) is 8.61. The van der Waals surface area contributed by atoms with E-state index in [2.05, 4.69) is 38.8 Å². The molecule has 2 aromatic rings. The van der Waals surface area contributed by atoms with Crippen LogP contribution < -0.4 is 9.64 Å². The third-order valence-electron chi connectivity index (χ3n) is 4.69. The monoisotopic (exact) mass is 407 g/mol. The molecule has 144 valence electrons. The van der Waals surface area contributed by atoms with Gasteiger partial charge in [0.15, 0.2) is 0 Å². The molecule has 1 N–H and O–H groups in total. The van der Waals surface area contributed by atoms with Gasteiger partial charge in [-0.15, -0.1) is 0 Å². The van der Waals surface area contributed by atoms with E-state index in [0.717, 1.165) is 47.6 Å². The maximum atomic E-state index is 12.5. The molecule has 8 heteroatoms. The van der Waals surface area contributed by atoms with Gasteiger partial charge in [0, 0.05) is 38.4 Å². The quantitative estimate of drug-likeness (QED) is 0.844. The predicted molar refractivity (Wildman–Crippen MR) is 110 cm³/mol. The van der Waals surface area contributed by atoms with Crippen molar-refractivity contribution in [1.29, 1.82) is 0 Å². The smallest absolute Gasteiger partial charge is 0.124 e. The van der Waals surface area contributed by atoms with Gasteiger partial charge in [-0.05, 0) is 36.4 Å². The first kappa shape index (κ1) is 19.8. The number of anilines is 1. The zero-order valence-corrected chi connectivity index (χ0v) is 16.6. The number of hydrogen-bond donors (Lipinski definition) is 1. The summed E-state index contributed by atoms with van der Waals surface area (Å²) in [5.41, 5.74) is 2.07. The molecule has 2 aliphatic heterocycles. The van der Waals surface area contributed by atoms with Gasteiger partial charge in [0.05, 0.1) is 29.6 Å². The number of para-hydroxylation sites is 1. The van der Waals surface area contributed by atoms with Crippen molar-refractivity contribution in [2.75, 3.05) is 44.7 Å². The fourth-order valence-corrected chi connectivity index (χ4v) is 4.49. The van der Waals surface area contributed by atoms with Crippen molar-refractivity contribution >= 4 is 39.1 Å². The van der Waals surface area contributed by atoms with E-state index in [4.69, 9.17) is 9.40 Å². The van der Waals surface area contributed by atoms with Gasteiger partial charge in [0.25, 0.3) is 0 Å². The van der Waals surface area contributed by atoms with E-state index in [9.17, 15) is 4.21 Å². The fourth-order valence-electron chi connectivity index (χ4n) is 3.25. The van der Waals surface area contributed by atoms with Crippen LogP contribution in [0.15, 0.2) is 58.4 Å². The molecule has 6 nitrogen and oxygen atoms in total. The molecule has 0 radical (unpaired) electrons. The number of hydrogen-bond acceptors (Lipinski definition) is 6.